The van der Waals surface area contributed by atoms with Gasteiger partial charge in [0.1, 0.15) is 0 Å². The van der Waals surface area contributed by atoms with Crippen LogP contribution >= 0.6 is 23.2 Å². The number of imidazole rings is 1. The molecule has 0 bridgehead atoms. The third-order valence-corrected chi connectivity index (χ3v) is 8.16. The largest absolute Gasteiger partial charge is 0.368 e. The first-order valence-corrected chi connectivity index (χ1v) is 13.4. The maximum Gasteiger partial charge on any atom is 0.240 e. The number of hydrogen-bond donors (Lipinski definition) is 1. The second-order valence-corrected chi connectivity index (χ2v) is 10.6. The lowest BCUT2D eigenvalue weighted by molar-refractivity contribution is -0.136. The fraction of sp³-hybridized carbons (Fsp3) is 0.481. The SMILES string of the molecule is CC[C@@H]1CN(c2ccc3ncn([C@H](C)c4ccc(Cl)cc4Cl)c3c2)CCN1C(=O)[C@H]1CCCCN1. The van der Waals surface area contributed by atoms with Crippen molar-refractivity contribution in [3.63, 3.8) is 0 Å². The van der Waals surface area contributed by atoms with E-state index in [1.807, 2.05) is 18.5 Å². The average molecular weight is 515 g/mol. The Balaban J connectivity index is 1.37. The minimum Gasteiger partial charge on any atom is -0.368 e. The highest BCUT2D eigenvalue weighted by atomic mass is 35.5. The first-order chi connectivity index (χ1) is 17.0. The highest BCUT2D eigenvalue weighted by Gasteiger charge is 2.34. The number of anilines is 1. The molecule has 8 heteroatoms. The summed E-state index contributed by atoms with van der Waals surface area (Å²) in [6, 6.07) is 12.3. The zero-order chi connectivity index (χ0) is 24.5. The van der Waals surface area contributed by atoms with E-state index in [2.05, 4.69) is 56.7 Å². The Morgan fingerprint density at radius 1 is 1.17 bits per heavy atom. The maximum absolute atomic E-state index is 13.2. The van der Waals surface area contributed by atoms with Gasteiger partial charge in [0, 0.05) is 41.4 Å². The highest BCUT2D eigenvalue weighted by molar-refractivity contribution is 6.35. The van der Waals surface area contributed by atoms with E-state index in [0.717, 1.165) is 74.1 Å². The third-order valence-electron chi connectivity index (χ3n) is 7.60. The molecule has 5 rings (SSSR count). The van der Waals surface area contributed by atoms with Gasteiger partial charge in [-0.25, -0.2) is 4.98 Å². The number of rotatable bonds is 5. The van der Waals surface area contributed by atoms with E-state index in [1.165, 1.54) is 0 Å². The summed E-state index contributed by atoms with van der Waals surface area (Å²) in [5, 5.41) is 4.71. The zero-order valence-corrected chi connectivity index (χ0v) is 21.9. The fourth-order valence-corrected chi connectivity index (χ4v) is 6.07. The number of piperazine rings is 1. The molecule has 3 atom stereocenters. The van der Waals surface area contributed by atoms with E-state index in [0.29, 0.717) is 10.0 Å². The topological polar surface area (TPSA) is 53.4 Å². The monoisotopic (exact) mass is 513 g/mol. The summed E-state index contributed by atoms with van der Waals surface area (Å²) in [4.78, 5) is 22.4. The van der Waals surface area contributed by atoms with Crippen LogP contribution in [0.5, 0.6) is 0 Å². The van der Waals surface area contributed by atoms with Crippen molar-refractivity contribution >= 4 is 45.8 Å². The molecule has 2 aromatic carbocycles. The van der Waals surface area contributed by atoms with Crippen molar-refractivity contribution < 1.29 is 4.79 Å². The molecule has 2 aliphatic rings. The van der Waals surface area contributed by atoms with Gasteiger partial charge in [0.15, 0.2) is 0 Å². The van der Waals surface area contributed by atoms with Crippen molar-refractivity contribution in [1.82, 2.24) is 19.8 Å². The van der Waals surface area contributed by atoms with E-state index in [9.17, 15) is 4.79 Å². The van der Waals surface area contributed by atoms with Crippen LogP contribution in [-0.2, 0) is 4.79 Å². The number of nitrogens with one attached hydrogen (secondary N) is 1. The highest BCUT2D eigenvalue weighted by Crippen LogP contribution is 2.32. The van der Waals surface area contributed by atoms with Gasteiger partial charge >= 0.3 is 0 Å². The summed E-state index contributed by atoms with van der Waals surface area (Å²) in [7, 11) is 0. The number of aromatic nitrogens is 2. The maximum atomic E-state index is 13.2. The molecular weight excluding hydrogens is 481 g/mol. The Kier molecular flexibility index (Phi) is 7.24. The van der Waals surface area contributed by atoms with Crippen LogP contribution in [0.1, 0.15) is 51.1 Å². The molecule has 2 fully saturated rings. The number of amides is 1. The lowest BCUT2D eigenvalue weighted by atomic mass is 10.0. The van der Waals surface area contributed by atoms with Crippen molar-refractivity contribution in [2.45, 2.75) is 57.7 Å². The molecule has 0 radical (unpaired) electrons. The second-order valence-electron chi connectivity index (χ2n) is 9.71. The molecule has 2 aliphatic heterocycles. The molecule has 0 saturated carbocycles. The van der Waals surface area contributed by atoms with Crippen LogP contribution in [0.3, 0.4) is 0 Å². The standard InChI is InChI=1S/C27H33Cl2N5O/c1-3-20-16-32(12-13-33(20)27(35)25-6-4-5-11-30-25)21-8-10-24-26(15-21)34(17-31-24)18(2)22-9-7-19(28)14-23(22)29/h7-10,14-15,17-18,20,25,30H,3-6,11-13,16H2,1-2H3/t18-,20-,25-/m1/s1. The lowest BCUT2D eigenvalue weighted by Crippen LogP contribution is -2.59. The van der Waals surface area contributed by atoms with Gasteiger partial charge in [0.25, 0.3) is 0 Å². The quantitative estimate of drug-likeness (QED) is 0.487. The van der Waals surface area contributed by atoms with Crippen LogP contribution in [0, 0.1) is 0 Å². The Morgan fingerprint density at radius 3 is 2.77 bits per heavy atom. The van der Waals surface area contributed by atoms with Gasteiger partial charge in [-0.3, -0.25) is 4.79 Å². The van der Waals surface area contributed by atoms with E-state index in [4.69, 9.17) is 23.2 Å². The average Bonchev–Trinajstić information content (AvgIpc) is 3.31. The normalized spacial score (nSPS) is 21.9. The molecule has 0 unspecified atom stereocenters. The van der Waals surface area contributed by atoms with Crippen LogP contribution < -0.4 is 10.2 Å². The minimum absolute atomic E-state index is 0.0147. The fourth-order valence-electron chi connectivity index (χ4n) is 5.50. The van der Waals surface area contributed by atoms with E-state index in [1.54, 1.807) is 6.07 Å². The van der Waals surface area contributed by atoms with E-state index >= 15 is 0 Å². The number of benzene rings is 2. The number of carbonyl (C=O) groups excluding carboxylic acids is 1. The van der Waals surface area contributed by atoms with Gasteiger partial charge in [0.05, 0.1) is 29.4 Å². The van der Waals surface area contributed by atoms with Gasteiger partial charge in [0.2, 0.25) is 5.91 Å². The molecule has 1 aromatic heterocycles. The minimum atomic E-state index is -0.0174. The molecule has 35 heavy (non-hydrogen) atoms. The van der Waals surface area contributed by atoms with Crippen LogP contribution in [0.2, 0.25) is 10.0 Å². The Labute approximate surface area is 217 Å². The summed E-state index contributed by atoms with van der Waals surface area (Å²) in [5.41, 5.74) is 4.19. The van der Waals surface area contributed by atoms with Crippen molar-refractivity contribution in [3.05, 3.63) is 58.3 Å². The van der Waals surface area contributed by atoms with Crippen LogP contribution in [-0.4, -0.2) is 58.6 Å². The number of fused-ring (bicyclic) bond motifs is 1. The molecule has 1 N–H and O–H groups in total. The first kappa shape index (κ1) is 24.4. The first-order valence-electron chi connectivity index (χ1n) is 12.7. The molecule has 0 spiro atoms. The summed E-state index contributed by atoms with van der Waals surface area (Å²) in [5.74, 6) is 0.276. The zero-order valence-electron chi connectivity index (χ0n) is 20.4. The molecule has 6 nitrogen and oxygen atoms in total. The molecule has 3 heterocycles. The lowest BCUT2D eigenvalue weighted by Gasteiger charge is -2.44. The number of nitrogens with zero attached hydrogens (tertiary/aromatic N) is 4. The Morgan fingerprint density at radius 2 is 2.03 bits per heavy atom. The smallest absolute Gasteiger partial charge is 0.240 e. The predicted molar refractivity (Wildman–Crippen MR) is 144 cm³/mol. The van der Waals surface area contributed by atoms with Crippen molar-refractivity contribution in [2.24, 2.45) is 0 Å². The number of carbonyl (C=O) groups is 1. The number of hydrogen-bond acceptors (Lipinski definition) is 4. The van der Waals surface area contributed by atoms with E-state index in [-0.39, 0.29) is 24.0 Å². The molecule has 0 aliphatic carbocycles. The molecule has 1 amide bonds. The van der Waals surface area contributed by atoms with Crippen molar-refractivity contribution in [1.29, 1.82) is 0 Å². The predicted octanol–water partition coefficient (Wildman–Crippen LogP) is 5.52. The summed E-state index contributed by atoms with van der Waals surface area (Å²) in [6.07, 6.45) is 6.07. The van der Waals surface area contributed by atoms with E-state index < -0.39 is 0 Å². The van der Waals surface area contributed by atoms with Gasteiger partial charge in [-0.1, -0.05) is 42.6 Å². The third kappa shape index (κ3) is 4.89. The van der Waals surface area contributed by atoms with Crippen molar-refractivity contribution in [3.8, 4) is 0 Å². The van der Waals surface area contributed by atoms with Crippen LogP contribution in [0.4, 0.5) is 5.69 Å². The second kappa shape index (κ2) is 10.4. The summed E-state index contributed by atoms with van der Waals surface area (Å²) >= 11 is 12.6. The van der Waals surface area contributed by atoms with Crippen LogP contribution in [0.15, 0.2) is 42.7 Å². The van der Waals surface area contributed by atoms with Gasteiger partial charge in [-0.2, -0.15) is 0 Å². The molecule has 186 valence electrons. The molecular formula is C27H33Cl2N5O. The summed E-state index contributed by atoms with van der Waals surface area (Å²) < 4.78 is 2.17. The molecule has 3 aromatic rings. The summed E-state index contributed by atoms with van der Waals surface area (Å²) in [6.45, 7) is 7.67. The van der Waals surface area contributed by atoms with Gasteiger partial charge < -0.3 is 19.7 Å². The van der Waals surface area contributed by atoms with Crippen LogP contribution in [0.25, 0.3) is 11.0 Å². The van der Waals surface area contributed by atoms with Gasteiger partial charge in [-0.05, 0) is 68.6 Å². The van der Waals surface area contributed by atoms with Crippen molar-refractivity contribution in [2.75, 3.05) is 31.1 Å². The number of piperidine rings is 1. The Hall–Kier alpha value is -2.28. The Bertz CT molecular complexity index is 1210. The van der Waals surface area contributed by atoms with Gasteiger partial charge in [-0.15, -0.1) is 0 Å². The molecule has 2 saturated heterocycles. The number of halogens is 2.